The van der Waals surface area contributed by atoms with Gasteiger partial charge in [-0.15, -0.1) is 0 Å². The summed E-state index contributed by atoms with van der Waals surface area (Å²) in [7, 11) is -3.89. The Morgan fingerprint density at radius 3 is 2.40 bits per heavy atom. The van der Waals surface area contributed by atoms with Crippen molar-refractivity contribution in [1.82, 2.24) is 5.32 Å². The second-order valence-electron chi connectivity index (χ2n) is 5.87. The molecular formula is C18H21FN2O3S. The van der Waals surface area contributed by atoms with Crippen LogP contribution in [-0.4, -0.2) is 20.4 Å². The van der Waals surface area contributed by atoms with Crippen LogP contribution in [0.4, 0.5) is 10.1 Å². The standard InChI is InChI=1S/C18H21FN2O3S/c1-4-13(3)20-18(22)17-11-16(10-5-12(17)2)25(23,24)21-15-8-6-14(19)7-9-15/h5-11,13,21H,4H2,1-3H3,(H,20,22)/t13-/m0/s1. The number of carbonyl (C=O) groups is 1. The molecule has 0 aliphatic heterocycles. The van der Waals surface area contributed by atoms with Gasteiger partial charge in [0, 0.05) is 17.3 Å². The molecule has 0 saturated carbocycles. The maximum Gasteiger partial charge on any atom is 0.261 e. The normalized spacial score (nSPS) is 12.5. The number of rotatable bonds is 6. The molecular weight excluding hydrogens is 343 g/mol. The quantitative estimate of drug-likeness (QED) is 0.824. The van der Waals surface area contributed by atoms with Crippen molar-refractivity contribution in [3.8, 4) is 0 Å². The molecule has 0 radical (unpaired) electrons. The van der Waals surface area contributed by atoms with Gasteiger partial charge in [0.25, 0.3) is 15.9 Å². The average molecular weight is 364 g/mol. The van der Waals surface area contributed by atoms with Crippen molar-refractivity contribution in [2.75, 3.05) is 4.72 Å². The van der Waals surface area contributed by atoms with Crippen LogP contribution in [0.15, 0.2) is 47.4 Å². The highest BCUT2D eigenvalue weighted by Crippen LogP contribution is 2.20. The van der Waals surface area contributed by atoms with Crippen LogP contribution >= 0.6 is 0 Å². The Balaban J connectivity index is 2.30. The molecule has 0 fully saturated rings. The summed E-state index contributed by atoms with van der Waals surface area (Å²) < 4.78 is 40.3. The van der Waals surface area contributed by atoms with Gasteiger partial charge >= 0.3 is 0 Å². The van der Waals surface area contributed by atoms with Crippen LogP contribution in [0.25, 0.3) is 0 Å². The van der Waals surface area contributed by atoms with E-state index in [0.29, 0.717) is 11.1 Å². The second-order valence-corrected chi connectivity index (χ2v) is 7.55. The number of hydrogen-bond donors (Lipinski definition) is 2. The highest BCUT2D eigenvalue weighted by Gasteiger charge is 2.19. The summed E-state index contributed by atoms with van der Waals surface area (Å²) in [5.41, 5.74) is 1.23. The zero-order valence-corrected chi connectivity index (χ0v) is 15.2. The van der Waals surface area contributed by atoms with E-state index < -0.39 is 15.8 Å². The minimum atomic E-state index is -3.89. The molecule has 5 nitrogen and oxygen atoms in total. The molecule has 0 aromatic heterocycles. The minimum absolute atomic E-state index is 0.00972. The van der Waals surface area contributed by atoms with Crippen LogP contribution in [0.5, 0.6) is 0 Å². The zero-order valence-electron chi connectivity index (χ0n) is 14.3. The van der Waals surface area contributed by atoms with E-state index >= 15 is 0 Å². The van der Waals surface area contributed by atoms with Crippen molar-refractivity contribution in [2.45, 2.75) is 38.1 Å². The number of nitrogens with one attached hydrogen (secondary N) is 2. The van der Waals surface area contributed by atoms with E-state index in [1.165, 1.54) is 24.3 Å². The molecule has 134 valence electrons. The summed E-state index contributed by atoms with van der Waals surface area (Å²) in [6.45, 7) is 5.57. The van der Waals surface area contributed by atoms with Gasteiger partial charge in [-0.05, 0) is 62.2 Å². The number of halogens is 1. The predicted octanol–water partition coefficient (Wildman–Crippen LogP) is 3.46. The predicted molar refractivity (Wildman–Crippen MR) is 95.6 cm³/mol. The molecule has 7 heteroatoms. The van der Waals surface area contributed by atoms with Crippen molar-refractivity contribution >= 4 is 21.6 Å². The molecule has 0 heterocycles. The topological polar surface area (TPSA) is 75.3 Å². The summed E-state index contributed by atoms with van der Waals surface area (Å²) in [4.78, 5) is 12.3. The second kappa shape index (κ2) is 7.65. The molecule has 25 heavy (non-hydrogen) atoms. The third-order valence-corrected chi connectivity index (χ3v) is 5.23. The SMILES string of the molecule is CC[C@H](C)NC(=O)c1cc(S(=O)(=O)Nc2ccc(F)cc2)ccc1C. The van der Waals surface area contributed by atoms with Crippen molar-refractivity contribution in [3.05, 3.63) is 59.4 Å². The fourth-order valence-electron chi connectivity index (χ4n) is 2.15. The fraction of sp³-hybridized carbons (Fsp3) is 0.278. The largest absolute Gasteiger partial charge is 0.350 e. The van der Waals surface area contributed by atoms with Crippen LogP contribution in [0.3, 0.4) is 0 Å². The van der Waals surface area contributed by atoms with Crippen LogP contribution in [0.1, 0.15) is 36.2 Å². The van der Waals surface area contributed by atoms with Gasteiger partial charge in [0.15, 0.2) is 0 Å². The molecule has 1 amide bonds. The van der Waals surface area contributed by atoms with E-state index in [2.05, 4.69) is 10.0 Å². The molecule has 0 bridgehead atoms. The summed E-state index contributed by atoms with van der Waals surface area (Å²) >= 11 is 0. The van der Waals surface area contributed by atoms with E-state index in [4.69, 9.17) is 0 Å². The lowest BCUT2D eigenvalue weighted by Crippen LogP contribution is -2.32. The number of hydrogen-bond acceptors (Lipinski definition) is 3. The fourth-order valence-corrected chi connectivity index (χ4v) is 3.23. The van der Waals surface area contributed by atoms with Crippen LogP contribution in [0, 0.1) is 12.7 Å². The first kappa shape index (κ1) is 18.9. The Kier molecular flexibility index (Phi) is 5.79. The number of amides is 1. The van der Waals surface area contributed by atoms with Crippen molar-refractivity contribution in [1.29, 1.82) is 0 Å². The lowest BCUT2D eigenvalue weighted by atomic mass is 10.1. The molecule has 2 aromatic rings. The first-order chi connectivity index (χ1) is 11.7. The van der Waals surface area contributed by atoms with Gasteiger partial charge in [0.1, 0.15) is 5.82 Å². The third kappa shape index (κ3) is 4.79. The highest BCUT2D eigenvalue weighted by molar-refractivity contribution is 7.92. The van der Waals surface area contributed by atoms with E-state index in [1.807, 2.05) is 13.8 Å². The number of carbonyl (C=O) groups excluding carboxylic acids is 1. The van der Waals surface area contributed by atoms with Crippen molar-refractivity contribution in [2.24, 2.45) is 0 Å². The maximum absolute atomic E-state index is 12.9. The van der Waals surface area contributed by atoms with Crippen LogP contribution in [-0.2, 0) is 10.0 Å². The summed E-state index contributed by atoms with van der Waals surface area (Å²) in [6, 6.07) is 9.35. The lowest BCUT2D eigenvalue weighted by molar-refractivity contribution is 0.0938. The van der Waals surface area contributed by atoms with Gasteiger partial charge < -0.3 is 5.32 Å². The van der Waals surface area contributed by atoms with Crippen LogP contribution in [0.2, 0.25) is 0 Å². The molecule has 2 rings (SSSR count). The maximum atomic E-state index is 12.9. The Hall–Kier alpha value is -2.41. The Bertz CT molecular complexity index is 864. The van der Waals surface area contributed by atoms with Gasteiger partial charge in [0.2, 0.25) is 0 Å². The summed E-state index contributed by atoms with van der Waals surface area (Å²) in [5, 5.41) is 2.83. The number of aryl methyl sites for hydroxylation is 1. The van der Waals surface area contributed by atoms with Gasteiger partial charge in [0.05, 0.1) is 4.90 Å². The lowest BCUT2D eigenvalue weighted by Gasteiger charge is -2.14. The molecule has 0 aliphatic rings. The molecule has 2 N–H and O–H groups in total. The zero-order chi connectivity index (χ0) is 18.6. The van der Waals surface area contributed by atoms with E-state index in [1.54, 1.807) is 13.0 Å². The Morgan fingerprint density at radius 2 is 1.80 bits per heavy atom. The van der Waals surface area contributed by atoms with Crippen LogP contribution < -0.4 is 10.0 Å². The molecule has 0 unspecified atom stereocenters. The van der Waals surface area contributed by atoms with Gasteiger partial charge in [-0.3, -0.25) is 9.52 Å². The van der Waals surface area contributed by atoms with Crippen molar-refractivity contribution in [3.63, 3.8) is 0 Å². The smallest absolute Gasteiger partial charge is 0.261 e. The van der Waals surface area contributed by atoms with E-state index in [-0.39, 0.29) is 22.5 Å². The first-order valence-corrected chi connectivity index (χ1v) is 9.41. The van der Waals surface area contributed by atoms with E-state index in [9.17, 15) is 17.6 Å². The Morgan fingerprint density at radius 1 is 1.16 bits per heavy atom. The number of anilines is 1. The highest BCUT2D eigenvalue weighted by atomic mass is 32.2. The Labute approximate surface area is 147 Å². The van der Waals surface area contributed by atoms with Gasteiger partial charge in [-0.25, -0.2) is 12.8 Å². The first-order valence-electron chi connectivity index (χ1n) is 7.93. The third-order valence-electron chi connectivity index (χ3n) is 3.85. The summed E-state index contributed by atoms with van der Waals surface area (Å²) in [5.74, 6) is -0.770. The molecule has 2 aromatic carbocycles. The number of benzene rings is 2. The molecule has 0 spiro atoms. The molecule has 1 atom stereocenters. The average Bonchev–Trinajstić information content (AvgIpc) is 2.56. The number of sulfonamides is 1. The van der Waals surface area contributed by atoms with Gasteiger partial charge in [-0.1, -0.05) is 13.0 Å². The molecule has 0 saturated heterocycles. The van der Waals surface area contributed by atoms with Gasteiger partial charge in [-0.2, -0.15) is 0 Å². The van der Waals surface area contributed by atoms with E-state index in [0.717, 1.165) is 18.6 Å². The monoisotopic (exact) mass is 364 g/mol. The molecule has 0 aliphatic carbocycles. The van der Waals surface area contributed by atoms with Crippen molar-refractivity contribution < 1.29 is 17.6 Å². The summed E-state index contributed by atoms with van der Waals surface area (Å²) in [6.07, 6.45) is 0.773. The minimum Gasteiger partial charge on any atom is -0.350 e.